The van der Waals surface area contributed by atoms with Crippen LogP contribution in [0.4, 0.5) is 0 Å². The van der Waals surface area contributed by atoms with Crippen molar-refractivity contribution in [3.05, 3.63) is 82.7 Å². The smallest absolute Gasteiger partial charge is 0.221 e. The van der Waals surface area contributed by atoms with Gasteiger partial charge in [-0.15, -0.1) is 0 Å². The number of aryl methyl sites for hydroxylation is 2. The van der Waals surface area contributed by atoms with Crippen molar-refractivity contribution in [1.29, 1.82) is 0 Å². The summed E-state index contributed by atoms with van der Waals surface area (Å²) in [6, 6.07) is 17.0. The Hall–Kier alpha value is -3.54. The molecule has 1 amide bonds. The fourth-order valence-electron chi connectivity index (χ4n) is 3.63. The number of carbonyl (C=O) groups is 2. The number of benzene rings is 2. The van der Waals surface area contributed by atoms with Gasteiger partial charge in [0, 0.05) is 23.5 Å². The normalized spacial score (nSPS) is 10.7. The molecule has 0 saturated carbocycles. The molecule has 1 aromatic heterocycles. The van der Waals surface area contributed by atoms with E-state index in [2.05, 4.69) is 16.7 Å². The lowest BCUT2D eigenvalue weighted by Gasteiger charge is -2.11. The van der Waals surface area contributed by atoms with Crippen LogP contribution in [0, 0.1) is 13.8 Å². The highest BCUT2D eigenvalue weighted by atomic mass is 16.5. The fraction of sp³-hybridized carbons (Fsp3) is 0.280. The van der Waals surface area contributed by atoms with Crippen LogP contribution in [0.25, 0.3) is 0 Å². The number of Topliss-reactive ketones (excluding diaryl/α,β-unsaturated/α-hetero) is 1. The number of carbonyl (C=O) groups excluding carboxylic acids is 2. The number of ketones is 1. The van der Waals surface area contributed by atoms with Crippen molar-refractivity contribution in [3.8, 4) is 11.5 Å². The summed E-state index contributed by atoms with van der Waals surface area (Å²) in [5.74, 6) is 0.893. The molecule has 6 nitrogen and oxygen atoms in total. The van der Waals surface area contributed by atoms with Crippen molar-refractivity contribution in [2.24, 2.45) is 5.73 Å². The number of aromatic nitrogens is 1. The van der Waals surface area contributed by atoms with E-state index in [1.807, 2.05) is 32.0 Å². The Morgan fingerprint density at radius 1 is 0.968 bits per heavy atom. The lowest BCUT2D eigenvalue weighted by Crippen LogP contribution is -2.15. The molecule has 0 aliphatic heterocycles. The Bertz CT molecular complexity index is 1070. The largest absolute Gasteiger partial charge is 0.497 e. The molecule has 2 N–H and O–H groups in total. The topological polar surface area (TPSA) is 83.6 Å². The minimum atomic E-state index is -0.407. The van der Waals surface area contributed by atoms with E-state index >= 15 is 0 Å². The van der Waals surface area contributed by atoms with Crippen LogP contribution in [-0.4, -0.2) is 30.0 Å². The molecular weight excluding hydrogens is 392 g/mol. The van der Waals surface area contributed by atoms with Gasteiger partial charge in [-0.05, 0) is 61.7 Å². The molecule has 0 spiro atoms. The molecule has 6 heteroatoms. The van der Waals surface area contributed by atoms with Crippen LogP contribution >= 0.6 is 0 Å². The molecule has 0 aliphatic carbocycles. The molecule has 0 saturated heterocycles. The van der Waals surface area contributed by atoms with E-state index in [0.717, 1.165) is 35.7 Å². The summed E-state index contributed by atoms with van der Waals surface area (Å²) in [5.41, 5.74) is 9.85. The van der Waals surface area contributed by atoms with Crippen LogP contribution in [0.15, 0.2) is 54.6 Å². The van der Waals surface area contributed by atoms with Crippen molar-refractivity contribution < 1.29 is 19.1 Å². The molecule has 0 unspecified atom stereocenters. The van der Waals surface area contributed by atoms with E-state index in [4.69, 9.17) is 15.2 Å². The fourth-order valence-corrected chi connectivity index (χ4v) is 3.63. The van der Waals surface area contributed by atoms with Crippen LogP contribution in [0.1, 0.15) is 32.9 Å². The number of nitrogens with two attached hydrogens (primary N) is 1. The number of hydrogen-bond donors (Lipinski definition) is 1. The third kappa shape index (κ3) is 5.75. The average molecular weight is 421 g/mol. The highest BCUT2D eigenvalue weighted by Gasteiger charge is 2.16. The van der Waals surface area contributed by atoms with Gasteiger partial charge >= 0.3 is 0 Å². The van der Waals surface area contributed by atoms with Crippen molar-refractivity contribution in [1.82, 2.24) is 4.57 Å². The number of amides is 1. The summed E-state index contributed by atoms with van der Waals surface area (Å²) in [7, 11) is 1.65. The first-order valence-electron chi connectivity index (χ1n) is 10.2. The Morgan fingerprint density at radius 3 is 2.39 bits per heavy atom. The average Bonchev–Trinajstić information content (AvgIpc) is 3.04. The standard InChI is InChI=1S/C25H28N2O4/c1-17-13-23(18(2)27(17)12-11-19-7-9-21(30-3)10-8-19)24(28)16-31-22-6-4-5-20(14-22)15-25(26)29/h4-10,13-14H,11-12,15-16H2,1-3H3,(H2,26,29). The first-order chi connectivity index (χ1) is 14.9. The monoisotopic (exact) mass is 420 g/mol. The SMILES string of the molecule is COc1ccc(CCn2c(C)cc(C(=O)COc3cccc(CC(N)=O)c3)c2C)cc1. The van der Waals surface area contributed by atoms with Crippen LogP contribution in [0.3, 0.4) is 0 Å². The third-order valence-corrected chi connectivity index (χ3v) is 5.30. The number of nitrogens with zero attached hydrogens (tertiary/aromatic N) is 1. The summed E-state index contributed by atoms with van der Waals surface area (Å²) in [5, 5.41) is 0. The first-order valence-corrected chi connectivity index (χ1v) is 10.2. The Balaban J connectivity index is 1.63. The lowest BCUT2D eigenvalue weighted by atomic mass is 10.1. The Labute approximate surface area is 182 Å². The van der Waals surface area contributed by atoms with E-state index in [9.17, 15) is 9.59 Å². The maximum absolute atomic E-state index is 12.8. The molecule has 31 heavy (non-hydrogen) atoms. The minimum absolute atomic E-state index is 0.0667. The van der Waals surface area contributed by atoms with Gasteiger partial charge in [-0.25, -0.2) is 0 Å². The molecule has 2 aromatic carbocycles. The second kappa shape index (κ2) is 9.98. The summed E-state index contributed by atoms with van der Waals surface area (Å²) in [4.78, 5) is 23.9. The molecule has 0 aliphatic rings. The molecular formula is C25H28N2O4. The van der Waals surface area contributed by atoms with Gasteiger partial charge in [0.25, 0.3) is 0 Å². The molecule has 0 radical (unpaired) electrons. The molecule has 0 bridgehead atoms. The van der Waals surface area contributed by atoms with Crippen LogP contribution in [0.5, 0.6) is 11.5 Å². The predicted octanol–water partition coefficient (Wildman–Crippen LogP) is 3.65. The maximum Gasteiger partial charge on any atom is 0.221 e. The molecule has 162 valence electrons. The predicted molar refractivity (Wildman–Crippen MR) is 120 cm³/mol. The quantitative estimate of drug-likeness (QED) is 0.508. The van der Waals surface area contributed by atoms with Gasteiger partial charge in [0.1, 0.15) is 11.5 Å². The van der Waals surface area contributed by atoms with E-state index in [1.165, 1.54) is 5.56 Å². The van der Waals surface area contributed by atoms with Crippen molar-refractivity contribution in [2.45, 2.75) is 33.2 Å². The van der Waals surface area contributed by atoms with E-state index in [1.54, 1.807) is 31.4 Å². The number of primary amides is 1. The maximum atomic E-state index is 12.8. The highest BCUT2D eigenvalue weighted by molar-refractivity contribution is 5.98. The molecule has 0 fully saturated rings. The molecule has 3 aromatic rings. The van der Waals surface area contributed by atoms with Gasteiger partial charge in [-0.2, -0.15) is 0 Å². The van der Waals surface area contributed by atoms with Crippen LogP contribution in [-0.2, 0) is 24.2 Å². The lowest BCUT2D eigenvalue weighted by molar-refractivity contribution is -0.117. The van der Waals surface area contributed by atoms with Crippen molar-refractivity contribution >= 4 is 11.7 Å². The van der Waals surface area contributed by atoms with E-state index in [0.29, 0.717) is 11.3 Å². The number of rotatable bonds is 10. The van der Waals surface area contributed by atoms with Crippen LogP contribution in [0.2, 0.25) is 0 Å². The zero-order valence-electron chi connectivity index (χ0n) is 18.2. The molecule has 0 atom stereocenters. The van der Waals surface area contributed by atoms with Gasteiger partial charge in [-0.3, -0.25) is 9.59 Å². The van der Waals surface area contributed by atoms with Gasteiger partial charge in [0.2, 0.25) is 11.7 Å². The zero-order chi connectivity index (χ0) is 22.4. The van der Waals surface area contributed by atoms with Crippen molar-refractivity contribution in [2.75, 3.05) is 13.7 Å². The Morgan fingerprint density at radius 2 is 1.71 bits per heavy atom. The number of hydrogen-bond acceptors (Lipinski definition) is 4. The third-order valence-electron chi connectivity index (χ3n) is 5.30. The summed E-state index contributed by atoms with van der Waals surface area (Å²) < 4.78 is 13.0. The minimum Gasteiger partial charge on any atom is -0.497 e. The van der Waals surface area contributed by atoms with Crippen molar-refractivity contribution in [3.63, 3.8) is 0 Å². The van der Waals surface area contributed by atoms with E-state index < -0.39 is 5.91 Å². The molecule has 1 heterocycles. The summed E-state index contributed by atoms with van der Waals surface area (Å²) >= 11 is 0. The number of methoxy groups -OCH3 is 1. The summed E-state index contributed by atoms with van der Waals surface area (Å²) in [6.45, 7) is 4.68. The highest BCUT2D eigenvalue weighted by Crippen LogP contribution is 2.19. The van der Waals surface area contributed by atoms with Gasteiger partial charge < -0.3 is 19.8 Å². The zero-order valence-corrected chi connectivity index (χ0v) is 18.2. The van der Waals surface area contributed by atoms with E-state index in [-0.39, 0.29) is 18.8 Å². The van der Waals surface area contributed by atoms with Gasteiger partial charge in [-0.1, -0.05) is 24.3 Å². The van der Waals surface area contributed by atoms with Gasteiger partial charge in [0.15, 0.2) is 6.61 Å². The second-order valence-electron chi connectivity index (χ2n) is 7.54. The van der Waals surface area contributed by atoms with Crippen LogP contribution < -0.4 is 15.2 Å². The first kappa shape index (κ1) is 22.2. The van der Waals surface area contributed by atoms with Gasteiger partial charge in [0.05, 0.1) is 13.5 Å². The molecule has 3 rings (SSSR count). The Kier molecular flexibility index (Phi) is 7.13. The summed E-state index contributed by atoms with van der Waals surface area (Å²) in [6.07, 6.45) is 0.998. The second-order valence-corrected chi connectivity index (χ2v) is 7.54. The number of ether oxygens (including phenoxy) is 2.